The molecule has 0 amide bonds. The van der Waals surface area contributed by atoms with Crippen LogP contribution >= 0.6 is 11.6 Å². The Balaban J connectivity index is 2.42. The molecule has 0 aliphatic rings. The first-order valence-electron chi connectivity index (χ1n) is 5.17. The van der Waals surface area contributed by atoms with Gasteiger partial charge in [0.2, 0.25) is 0 Å². The molecule has 0 radical (unpaired) electrons. The molecule has 1 aromatic heterocycles. The molecule has 0 atom stereocenters. The van der Waals surface area contributed by atoms with E-state index in [1.807, 2.05) is 18.3 Å². The first-order chi connectivity index (χ1) is 7.56. The van der Waals surface area contributed by atoms with Gasteiger partial charge in [0, 0.05) is 28.2 Å². The number of aromatic nitrogens is 2. The summed E-state index contributed by atoms with van der Waals surface area (Å²) in [4.78, 5) is 7.58. The van der Waals surface area contributed by atoms with Crippen molar-refractivity contribution in [3.63, 3.8) is 0 Å². The van der Waals surface area contributed by atoms with E-state index >= 15 is 0 Å². The minimum absolute atomic E-state index is 0.429. The maximum Gasteiger partial charge on any atom is 0.137 e. The van der Waals surface area contributed by atoms with Crippen molar-refractivity contribution in [3.05, 3.63) is 35.1 Å². The summed E-state index contributed by atoms with van der Waals surface area (Å²) in [6.07, 6.45) is 1.84. The molecule has 2 rings (SSSR count). The van der Waals surface area contributed by atoms with E-state index in [2.05, 4.69) is 23.8 Å². The number of halogens is 1. The Bertz CT molecular complexity index is 482. The van der Waals surface area contributed by atoms with Crippen LogP contribution in [0.4, 0.5) is 5.69 Å². The van der Waals surface area contributed by atoms with E-state index in [-0.39, 0.29) is 0 Å². The molecule has 0 unspecified atom stereocenters. The van der Waals surface area contributed by atoms with Gasteiger partial charge in [0.25, 0.3) is 0 Å². The van der Waals surface area contributed by atoms with Gasteiger partial charge in [0.1, 0.15) is 5.82 Å². The van der Waals surface area contributed by atoms with Crippen molar-refractivity contribution in [2.75, 3.05) is 5.73 Å². The van der Waals surface area contributed by atoms with Crippen molar-refractivity contribution in [1.82, 2.24) is 9.97 Å². The number of rotatable bonds is 2. The van der Waals surface area contributed by atoms with Crippen LogP contribution in [-0.4, -0.2) is 9.97 Å². The number of nitrogens with two attached hydrogens (primary N) is 1. The van der Waals surface area contributed by atoms with Crippen LogP contribution in [0.5, 0.6) is 0 Å². The fourth-order valence-electron chi connectivity index (χ4n) is 1.52. The summed E-state index contributed by atoms with van der Waals surface area (Å²) in [6, 6.07) is 5.42. The number of nitrogens with one attached hydrogen (secondary N) is 1. The van der Waals surface area contributed by atoms with Gasteiger partial charge in [-0.2, -0.15) is 0 Å². The topological polar surface area (TPSA) is 54.7 Å². The lowest BCUT2D eigenvalue weighted by Gasteiger charge is -2.02. The van der Waals surface area contributed by atoms with Crippen LogP contribution in [0.25, 0.3) is 11.4 Å². The van der Waals surface area contributed by atoms with Gasteiger partial charge >= 0.3 is 0 Å². The third-order valence-electron chi connectivity index (χ3n) is 2.41. The van der Waals surface area contributed by atoms with E-state index in [0.717, 1.165) is 17.1 Å². The number of benzene rings is 1. The van der Waals surface area contributed by atoms with Gasteiger partial charge in [0.05, 0.1) is 0 Å². The number of aromatic amines is 1. The van der Waals surface area contributed by atoms with Crippen LogP contribution in [0.1, 0.15) is 25.5 Å². The predicted molar refractivity (Wildman–Crippen MR) is 67.5 cm³/mol. The summed E-state index contributed by atoms with van der Waals surface area (Å²) in [5.74, 6) is 1.23. The number of hydrogen-bond acceptors (Lipinski definition) is 2. The summed E-state index contributed by atoms with van der Waals surface area (Å²) in [5, 5.41) is 0.623. The molecule has 0 bridgehead atoms. The lowest BCUT2D eigenvalue weighted by molar-refractivity contribution is 0.833. The molecule has 0 aliphatic heterocycles. The molecule has 0 saturated heterocycles. The zero-order valence-corrected chi connectivity index (χ0v) is 10.0. The number of nitrogens with zero attached hydrogens (tertiary/aromatic N) is 1. The van der Waals surface area contributed by atoms with Gasteiger partial charge in [-0.05, 0) is 24.1 Å². The Morgan fingerprint density at radius 1 is 1.31 bits per heavy atom. The molecule has 1 aromatic carbocycles. The second-order valence-corrected chi connectivity index (χ2v) is 4.55. The Labute approximate surface area is 99.7 Å². The Kier molecular flexibility index (Phi) is 2.88. The normalized spacial score (nSPS) is 11.0. The minimum atomic E-state index is 0.429. The molecular formula is C12H14ClN3. The zero-order valence-electron chi connectivity index (χ0n) is 9.29. The zero-order chi connectivity index (χ0) is 11.7. The number of anilines is 1. The highest BCUT2D eigenvalue weighted by Gasteiger charge is 2.07. The molecule has 3 N–H and O–H groups in total. The maximum atomic E-state index is 5.95. The highest BCUT2D eigenvalue weighted by Crippen LogP contribution is 2.25. The monoisotopic (exact) mass is 235 g/mol. The van der Waals surface area contributed by atoms with Crippen LogP contribution < -0.4 is 5.73 Å². The molecule has 0 aliphatic carbocycles. The van der Waals surface area contributed by atoms with Crippen LogP contribution in [0.15, 0.2) is 24.4 Å². The lowest BCUT2D eigenvalue weighted by Crippen LogP contribution is -1.89. The van der Waals surface area contributed by atoms with Crippen molar-refractivity contribution in [1.29, 1.82) is 0 Å². The Hall–Kier alpha value is -1.48. The second kappa shape index (κ2) is 4.18. The molecular weight excluding hydrogens is 222 g/mol. The van der Waals surface area contributed by atoms with E-state index in [1.54, 1.807) is 6.07 Å². The summed E-state index contributed by atoms with van der Waals surface area (Å²) < 4.78 is 0. The highest BCUT2D eigenvalue weighted by atomic mass is 35.5. The fraction of sp³-hybridized carbons (Fsp3) is 0.250. The number of imidazole rings is 1. The molecule has 2 aromatic rings. The molecule has 3 nitrogen and oxygen atoms in total. The molecule has 16 heavy (non-hydrogen) atoms. The standard InChI is InChI=1S/C12H14ClN3/c1-7(2)11-6-15-12(16-11)8-3-9(13)5-10(14)4-8/h3-7H,14H2,1-2H3,(H,15,16). The third-order valence-corrected chi connectivity index (χ3v) is 2.63. The Morgan fingerprint density at radius 2 is 2.06 bits per heavy atom. The largest absolute Gasteiger partial charge is 0.399 e. The molecule has 0 fully saturated rings. The van der Waals surface area contributed by atoms with Crippen LogP contribution in [0.3, 0.4) is 0 Å². The summed E-state index contributed by atoms with van der Waals surface area (Å²) in [6.45, 7) is 4.23. The number of H-pyrrole nitrogens is 1. The van der Waals surface area contributed by atoms with Crippen molar-refractivity contribution in [3.8, 4) is 11.4 Å². The van der Waals surface area contributed by atoms with E-state index in [4.69, 9.17) is 17.3 Å². The minimum Gasteiger partial charge on any atom is -0.399 e. The molecule has 4 heteroatoms. The average molecular weight is 236 g/mol. The van der Waals surface area contributed by atoms with Gasteiger partial charge in [0.15, 0.2) is 0 Å². The highest BCUT2D eigenvalue weighted by molar-refractivity contribution is 6.31. The summed E-state index contributed by atoms with van der Waals surface area (Å²) in [5.41, 5.74) is 8.40. The van der Waals surface area contributed by atoms with Crippen molar-refractivity contribution >= 4 is 17.3 Å². The van der Waals surface area contributed by atoms with Gasteiger partial charge in [-0.25, -0.2) is 4.98 Å². The lowest BCUT2D eigenvalue weighted by atomic mass is 10.1. The first kappa shape index (κ1) is 11.0. The van der Waals surface area contributed by atoms with Crippen molar-refractivity contribution in [2.45, 2.75) is 19.8 Å². The van der Waals surface area contributed by atoms with E-state index < -0.39 is 0 Å². The maximum absolute atomic E-state index is 5.95. The second-order valence-electron chi connectivity index (χ2n) is 4.12. The quantitative estimate of drug-likeness (QED) is 0.784. The van der Waals surface area contributed by atoms with Crippen LogP contribution in [-0.2, 0) is 0 Å². The Morgan fingerprint density at radius 3 is 2.62 bits per heavy atom. The van der Waals surface area contributed by atoms with Crippen LogP contribution in [0, 0.1) is 0 Å². The molecule has 1 heterocycles. The fourth-order valence-corrected chi connectivity index (χ4v) is 1.77. The number of hydrogen-bond donors (Lipinski definition) is 2. The van der Waals surface area contributed by atoms with Gasteiger partial charge in [-0.15, -0.1) is 0 Å². The molecule has 0 saturated carbocycles. The predicted octanol–water partition coefficient (Wildman–Crippen LogP) is 3.44. The van der Waals surface area contributed by atoms with E-state index in [9.17, 15) is 0 Å². The van der Waals surface area contributed by atoms with Gasteiger partial charge in [-0.1, -0.05) is 25.4 Å². The average Bonchev–Trinajstić information content (AvgIpc) is 2.64. The smallest absolute Gasteiger partial charge is 0.137 e. The third kappa shape index (κ3) is 2.19. The molecule has 84 valence electrons. The van der Waals surface area contributed by atoms with Crippen molar-refractivity contribution < 1.29 is 0 Å². The van der Waals surface area contributed by atoms with Crippen molar-refractivity contribution in [2.24, 2.45) is 0 Å². The van der Waals surface area contributed by atoms with Gasteiger partial charge in [-0.3, -0.25) is 0 Å². The summed E-state index contributed by atoms with van der Waals surface area (Å²) >= 11 is 5.95. The first-order valence-corrected chi connectivity index (χ1v) is 5.55. The van der Waals surface area contributed by atoms with Crippen LogP contribution in [0.2, 0.25) is 5.02 Å². The van der Waals surface area contributed by atoms with E-state index in [0.29, 0.717) is 16.6 Å². The summed E-state index contributed by atoms with van der Waals surface area (Å²) in [7, 11) is 0. The van der Waals surface area contributed by atoms with Gasteiger partial charge < -0.3 is 10.7 Å². The number of nitrogen functional groups attached to an aromatic ring is 1. The van der Waals surface area contributed by atoms with E-state index in [1.165, 1.54) is 0 Å². The SMILES string of the molecule is CC(C)c1cnc(-c2cc(N)cc(Cl)c2)[nH]1. The molecule has 0 spiro atoms.